The van der Waals surface area contributed by atoms with E-state index in [2.05, 4.69) is 5.32 Å². The van der Waals surface area contributed by atoms with E-state index in [1.807, 2.05) is 38.1 Å². The number of rotatable bonds is 1. The van der Waals surface area contributed by atoms with E-state index >= 15 is 0 Å². The molecule has 2 aliphatic rings. The van der Waals surface area contributed by atoms with Crippen molar-refractivity contribution in [3.63, 3.8) is 0 Å². The average Bonchev–Trinajstić information content (AvgIpc) is 2.75. The van der Waals surface area contributed by atoms with E-state index in [0.717, 1.165) is 5.56 Å². The number of benzene rings is 1. The van der Waals surface area contributed by atoms with Gasteiger partial charge in [-0.25, -0.2) is 0 Å². The summed E-state index contributed by atoms with van der Waals surface area (Å²) in [4.78, 5) is 37.4. The monoisotopic (exact) mass is 301 g/mol. The Balaban J connectivity index is 2.29. The number of hydrogen-bond donors (Lipinski definition) is 1. The Labute approximate surface area is 129 Å². The number of esters is 1. The summed E-state index contributed by atoms with van der Waals surface area (Å²) in [5.74, 6) is -1.53. The van der Waals surface area contributed by atoms with Crippen LogP contribution in [-0.2, 0) is 24.5 Å². The molecule has 5 heteroatoms. The molecule has 1 saturated carbocycles. The van der Waals surface area contributed by atoms with Crippen LogP contribution in [-0.4, -0.2) is 24.8 Å². The molecule has 22 heavy (non-hydrogen) atoms. The van der Waals surface area contributed by atoms with Gasteiger partial charge in [0.05, 0.1) is 18.4 Å². The lowest BCUT2D eigenvalue weighted by Gasteiger charge is -2.49. The standard InChI is InChI=1S/C17H19NO4/c1-16(2)9-10(19)8-12(14(20)22-3)17(16)11-6-4-5-7-13(11)18-15(17)21/h4-7,12H,8-9H2,1-3H3,(H,18,21). The van der Waals surface area contributed by atoms with E-state index in [1.54, 1.807) is 0 Å². The van der Waals surface area contributed by atoms with Crippen LogP contribution < -0.4 is 5.32 Å². The normalized spacial score (nSPS) is 29.1. The number of ketones is 1. The van der Waals surface area contributed by atoms with Crippen LogP contribution in [0.1, 0.15) is 32.3 Å². The largest absolute Gasteiger partial charge is 0.469 e. The molecule has 0 aromatic heterocycles. The zero-order chi connectivity index (χ0) is 16.1. The highest BCUT2D eigenvalue weighted by Gasteiger charge is 2.66. The molecule has 1 aromatic carbocycles. The molecule has 0 radical (unpaired) electrons. The minimum absolute atomic E-state index is 0.0109. The second kappa shape index (κ2) is 4.66. The minimum Gasteiger partial charge on any atom is -0.469 e. The molecule has 1 amide bonds. The van der Waals surface area contributed by atoms with Gasteiger partial charge in [0, 0.05) is 18.5 Å². The Morgan fingerprint density at radius 2 is 1.95 bits per heavy atom. The van der Waals surface area contributed by atoms with Gasteiger partial charge in [-0.15, -0.1) is 0 Å². The first kappa shape index (κ1) is 14.8. The molecule has 1 N–H and O–H groups in total. The highest BCUT2D eigenvalue weighted by Crippen LogP contribution is 2.58. The smallest absolute Gasteiger partial charge is 0.310 e. The number of carbonyl (C=O) groups excluding carboxylic acids is 3. The van der Waals surface area contributed by atoms with Crippen molar-refractivity contribution >= 4 is 23.3 Å². The van der Waals surface area contributed by atoms with Crippen molar-refractivity contribution in [3.8, 4) is 0 Å². The topological polar surface area (TPSA) is 72.5 Å². The van der Waals surface area contributed by atoms with Crippen molar-refractivity contribution in [2.45, 2.75) is 32.1 Å². The number of Topliss-reactive ketones (excluding diaryl/α,β-unsaturated/α-hetero) is 1. The molecule has 1 heterocycles. The number of ether oxygens (including phenoxy) is 1. The Hall–Kier alpha value is -2.17. The van der Waals surface area contributed by atoms with Crippen molar-refractivity contribution in [1.29, 1.82) is 0 Å². The molecule has 0 saturated heterocycles. The van der Waals surface area contributed by atoms with Crippen LogP contribution in [0.3, 0.4) is 0 Å². The lowest BCUT2D eigenvalue weighted by Crippen LogP contribution is -2.59. The summed E-state index contributed by atoms with van der Waals surface area (Å²) in [5.41, 5.74) is -0.237. The molecule has 1 spiro atoms. The van der Waals surface area contributed by atoms with Crippen LogP contribution in [0.4, 0.5) is 5.69 Å². The number of carbonyl (C=O) groups is 3. The highest BCUT2D eigenvalue weighted by molar-refractivity contribution is 6.11. The number of amides is 1. The number of hydrogen-bond acceptors (Lipinski definition) is 4. The van der Waals surface area contributed by atoms with Crippen molar-refractivity contribution in [3.05, 3.63) is 29.8 Å². The first-order valence-corrected chi connectivity index (χ1v) is 7.35. The summed E-state index contributed by atoms with van der Waals surface area (Å²) < 4.78 is 4.91. The quantitative estimate of drug-likeness (QED) is 0.806. The van der Waals surface area contributed by atoms with Gasteiger partial charge in [-0.3, -0.25) is 14.4 Å². The summed E-state index contributed by atoms with van der Waals surface area (Å²) >= 11 is 0. The van der Waals surface area contributed by atoms with Gasteiger partial charge in [0.15, 0.2) is 0 Å². The molecule has 1 fully saturated rings. The highest BCUT2D eigenvalue weighted by atomic mass is 16.5. The van der Waals surface area contributed by atoms with E-state index < -0.39 is 22.7 Å². The van der Waals surface area contributed by atoms with Crippen molar-refractivity contribution in [1.82, 2.24) is 0 Å². The maximum Gasteiger partial charge on any atom is 0.310 e. The van der Waals surface area contributed by atoms with Gasteiger partial charge in [0.1, 0.15) is 5.78 Å². The van der Waals surface area contributed by atoms with Crippen molar-refractivity contribution in [2.75, 3.05) is 12.4 Å². The molecular weight excluding hydrogens is 282 g/mol. The lowest BCUT2D eigenvalue weighted by molar-refractivity contribution is -0.160. The molecule has 2 unspecified atom stereocenters. The van der Waals surface area contributed by atoms with Crippen LogP contribution in [0.25, 0.3) is 0 Å². The molecule has 5 nitrogen and oxygen atoms in total. The van der Waals surface area contributed by atoms with Crippen molar-refractivity contribution < 1.29 is 19.1 Å². The molecule has 1 aliphatic carbocycles. The molecular formula is C17H19NO4. The van der Waals surface area contributed by atoms with Crippen LogP contribution in [0.2, 0.25) is 0 Å². The third-order valence-corrected chi connectivity index (χ3v) is 5.11. The second-order valence-electron chi connectivity index (χ2n) is 6.69. The summed E-state index contributed by atoms with van der Waals surface area (Å²) in [6, 6.07) is 7.37. The van der Waals surface area contributed by atoms with Gasteiger partial charge in [-0.1, -0.05) is 32.0 Å². The summed E-state index contributed by atoms with van der Waals surface area (Å²) in [5, 5.41) is 2.88. The maximum absolute atomic E-state index is 12.9. The van der Waals surface area contributed by atoms with Crippen LogP contribution in [0, 0.1) is 11.3 Å². The second-order valence-corrected chi connectivity index (χ2v) is 6.69. The Bertz CT molecular complexity index is 679. The molecule has 2 atom stereocenters. The molecule has 3 rings (SSSR count). The Morgan fingerprint density at radius 1 is 1.27 bits per heavy atom. The SMILES string of the molecule is COC(=O)C1CC(=O)CC(C)(C)C12C(=O)Nc1ccccc12. The van der Waals surface area contributed by atoms with Crippen molar-refractivity contribution in [2.24, 2.45) is 11.3 Å². The average molecular weight is 301 g/mol. The van der Waals surface area contributed by atoms with E-state index in [1.165, 1.54) is 7.11 Å². The first-order valence-electron chi connectivity index (χ1n) is 7.35. The van der Waals surface area contributed by atoms with E-state index in [4.69, 9.17) is 4.74 Å². The first-order chi connectivity index (χ1) is 10.3. The molecule has 116 valence electrons. The predicted octanol–water partition coefficient (Wildman–Crippen LogP) is 2.05. The van der Waals surface area contributed by atoms with E-state index in [-0.39, 0.29) is 24.5 Å². The number of anilines is 1. The van der Waals surface area contributed by atoms with Crippen LogP contribution >= 0.6 is 0 Å². The summed E-state index contributed by atoms with van der Waals surface area (Å²) in [6.07, 6.45) is 0.306. The van der Waals surface area contributed by atoms with E-state index in [9.17, 15) is 14.4 Å². The molecule has 1 aliphatic heterocycles. The Kier molecular flexibility index (Phi) is 3.13. The predicted molar refractivity (Wildman–Crippen MR) is 80.3 cm³/mol. The summed E-state index contributed by atoms with van der Waals surface area (Å²) in [7, 11) is 1.29. The zero-order valence-corrected chi connectivity index (χ0v) is 12.9. The Morgan fingerprint density at radius 3 is 2.64 bits per heavy atom. The zero-order valence-electron chi connectivity index (χ0n) is 12.9. The van der Waals surface area contributed by atoms with Gasteiger partial charge in [-0.05, 0) is 17.0 Å². The van der Waals surface area contributed by atoms with Crippen LogP contribution in [0.15, 0.2) is 24.3 Å². The number of methoxy groups -OCH3 is 1. The van der Waals surface area contributed by atoms with Crippen LogP contribution in [0.5, 0.6) is 0 Å². The minimum atomic E-state index is -1.06. The van der Waals surface area contributed by atoms with Gasteiger partial charge in [0.25, 0.3) is 0 Å². The molecule has 0 bridgehead atoms. The third kappa shape index (κ3) is 1.68. The number of nitrogens with one attached hydrogen (secondary N) is 1. The number of para-hydroxylation sites is 1. The van der Waals surface area contributed by atoms with E-state index in [0.29, 0.717) is 5.69 Å². The number of fused-ring (bicyclic) bond motifs is 2. The molecule has 1 aromatic rings. The van der Waals surface area contributed by atoms with Gasteiger partial charge < -0.3 is 10.1 Å². The fourth-order valence-corrected chi connectivity index (χ4v) is 4.26. The lowest BCUT2D eigenvalue weighted by atomic mass is 9.50. The summed E-state index contributed by atoms with van der Waals surface area (Å²) in [6.45, 7) is 3.75. The van der Waals surface area contributed by atoms with Gasteiger partial charge >= 0.3 is 5.97 Å². The van der Waals surface area contributed by atoms with Gasteiger partial charge in [-0.2, -0.15) is 0 Å². The maximum atomic E-state index is 12.9. The third-order valence-electron chi connectivity index (χ3n) is 5.11. The van der Waals surface area contributed by atoms with Gasteiger partial charge in [0.2, 0.25) is 5.91 Å². The fourth-order valence-electron chi connectivity index (χ4n) is 4.26. The fraction of sp³-hybridized carbons (Fsp3) is 0.471.